The Balaban J connectivity index is 2.00. The number of hydrogen-bond donors (Lipinski definition) is 2. The highest BCUT2D eigenvalue weighted by Gasteiger charge is 2.16. The van der Waals surface area contributed by atoms with Gasteiger partial charge in [-0.15, -0.1) is 10.2 Å². The number of aromatic hydroxyl groups is 1. The lowest BCUT2D eigenvalue weighted by Gasteiger charge is -2.10. The maximum absolute atomic E-state index is 12.0. The van der Waals surface area contributed by atoms with E-state index in [1.54, 1.807) is 6.33 Å². The molecule has 1 amide bonds. The molecule has 2 rings (SSSR count). The Labute approximate surface area is 131 Å². The third kappa shape index (κ3) is 3.65. The number of nitrogens with one attached hydrogen (secondary N) is 1. The second-order valence-corrected chi connectivity index (χ2v) is 5.18. The van der Waals surface area contributed by atoms with Gasteiger partial charge >= 0.3 is 0 Å². The quantitative estimate of drug-likeness (QED) is 0.882. The molecular formula is C13H14Cl2N4O2. The number of amides is 1. The Kier molecular flexibility index (Phi) is 5.03. The Bertz CT molecular complexity index is 634. The predicted octanol–water partition coefficient (Wildman–Crippen LogP) is 2.28. The zero-order valence-electron chi connectivity index (χ0n) is 11.3. The van der Waals surface area contributed by atoms with Gasteiger partial charge in [0, 0.05) is 24.5 Å². The Morgan fingerprint density at radius 3 is 2.86 bits per heavy atom. The second kappa shape index (κ2) is 6.78. The van der Waals surface area contributed by atoms with E-state index < -0.39 is 5.91 Å². The number of phenols is 1. The average molecular weight is 329 g/mol. The maximum Gasteiger partial charge on any atom is 0.256 e. The molecule has 1 aromatic carbocycles. The third-order valence-corrected chi connectivity index (χ3v) is 3.43. The summed E-state index contributed by atoms with van der Waals surface area (Å²) >= 11 is 11.7. The number of aryl methyl sites for hydroxylation is 1. The van der Waals surface area contributed by atoms with Crippen LogP contribution in [0.5, 0.6) is 5.75 Å². The summed E-state index contributed by atoms with van der Waals surface area (Å²) in [6, 6.07) is 2.68. The van der Waals surface area contributed by atoms with Crippen LogP contribution in [-0.2, 0) is 13.0 Å². The molecule has 0 saturated carbocycles. The van der Waals surface area contributed by atoms with Gasteiger partial charge in [-0.3, -0.25) is 4.79 Å². The minimum atomic E-state index is -0.458. The summed E-state index contributed by atoms with van der Waals surface area (Å²) in [6.07, 6.45) is 2.37. The van der Waals surface area contributed by atoms with Crippen LogP contribution in [0.15, 0.2) is 18.5 Å². The molecule has 2 N–H and O–H groups in total. The molecule has 0 fully saturated rings. The van der Waals surface area contributed by atoms with Gasteiger partial charge in [0.25, 0.3) is 5.91 Å². The Morgan fingerprint density at radius 1 is 1.43 bits per heavy atom. The van der Waals surface area contributed by atoms with Crippen LogP contribution in [0.25, 0.3) is 0 Å². The lowest BCUT2D eigenvalue weighted by molar-refractivity contribution is 0.0949. The number of aromatic nitrogens is 3. The maximum atomic E-state index is 12.0. The van der Waals surface area contributed by atoms with E-state index in [4.69, 9.17) is 23.2 Å². The highest BCUT2D eigenvalue weighted by Crippen LogP contribution is 2.29. The molecular weight excluding hydrogens is 315 g/mol. The van der Waals surface area contributed by atoms with Crippen molar-refractivity contribution in [2.24, 2.45) is 0 Å². The average Bonchev–Trinajstić information content (AvgIpc) is 2.85. The van der Waals surface area contributed by atoms with E-state index in [0.29, 0.717) is 13.1 Å². The number of rotatable bonds is 5. The zero-order chi connectivity index (χ0) is 15.4. The van der Waals surface area contributed by atoms with E-state index in [1.807, 2.05) is 11.5 Å². The summed E-state index contributed by atoms with van der Waals surface area (Å²) in [4.78, 5) is 12.0. The van der Waals surface area contributed by atoms with Gasteiger partial charge in [-0.25, -0.2) is 0 Å². The van der Waals surface area contributed by atoms with Crippen LogP contribution in [0.2, 0.25) is 10.0 Å². The highest BCUT2D eigenvalue weighted by atomic mass is 35.5. The first-order valence-electron chi connectivity index (χ1n) is 6.35. The van der Waals surface area contributed by atoms with Gasteiger partial charge in [0.05, 0.1) is 10.6 Å². The van der Waals surface area contributed by atoms with Gasteiger partial charge in [0.1, 0.15) is 17.9 Å². The number of hydrogen-bond acceptors (Lipinski definition) is 4. The molecule has 0 unspecified atom stereocenters. The minimum Gasteiger partial charge on any atom is -0.507 e. The summed E-state index contributed by atoms with van der Waals surface area (Å²) < 4.78 is 1.85. The predicted molar refractivity (Wildman–Crippen MR) is 79.9 cm³/mol. The van der Waals surface area contributed by atoms with Gasteiger partial charge in [0.15, 0.2) is 0 Å². The molecule has 0 bridgehead atoms. The smallest absolute Gasteiger partial charge is 0.256 e. The number of phenolic OH excluding ortho intramolecular Hbond substituents is 1. The number of carbonyl (C=O) groups excluding carboxylic acids is 1. The highest BCUT2D eigenvalue weighted by molar-refractivity contribution is 6.37. The molecule has 1 aromatic heterocycles. The van der Waals surface area contributed by atoms with Crippen molar-refractivity contribution in [1.82, 2.24) is 20.1 Å². The van der Waals surface area contributed by atoms with E-state index in [2.05, 4.69) is 15.5 Å². The van der Waals surface area contributed by atoms with E-state index in [0.717, 1.165) is 12.2 Å². The molecule has 2 aromatic rings. The van der Waals surface area contributed by atoms with E-state index >= 15 is 0 Å². The Morgan fingerprint density at radius 2 is 2.19 bits per heavy atom. The largest absolute Gasteiger partial charge is 0.507 e. The normalized spacial score (nSPS) is 10.6. The first kappa shape index (κ1) is 15.6. The minimum absolute atomic E-state index is 0.0144. The summed E-state index contributed by atoms with van der Waals surface area (Å²) in [6.45, 7) is 2.88. The van der Waals surface area contributed by atoms with E-state index in [9.17, 15) is 9.90 Å². The van der Waals surface area contributed by atoms with Crippen molar-refractivity contribution in [1.29, 1.82) is 0 Å². The van der Waals surface area contributed by atoms with Crippen LogP contribution in [0.4, 0.5) is 0 Å². The lowest BCUT2D eigenvalue weighted by Crippen LogP contribution is -2.27. The van der Waals surface area contributed by atoms with Gasteiger partial charge in [-0.05, 0) is 12.1 Å². The van der Waals surface area contributed by atoms with Gasteiger partial charge < -0.3 is 15.0 Å². The number of carbonyl (C=O) groups is 1. The van der Waals surface area contributed by atoms with Crippen molar-refractivity contribution < 1.29 is 9.90 Å². The van der Waals surface area contributed by atoms with Gasteiger partial charge in [0.2, 0.25) is 0 Å². The SMILES string of the molecule is CCc1nncn1CCNC(=O)c1c(O)cc(Cl)cc1Cl. The molecule has 8 heteroatoms. The molecule has 0 saturated heterocycles. The van der Waals surface area contributed by atoms with Crippen LogP contribution in [-0.4, -0.2) is 32.3 Å². The first-order valence-corrected chi connectivity index (χ1v) is 7.11. The fourth-order valence-electron chi connectivity index (χ4n) is 1.90. The molecule has 1 heterocycles. The van der Waals surface area contributed by atoms with Crippen molar-refractivity contribution in [2.45, 2.75) is 19.9 Å². The van der Waals surface area contributed by atoms with Crippen LogP contribution in [0, 0.1) is 0 Å². The number of halogens is 2. The van der Waals surface area contributed by atoms with Crippen molar-refractivity contribution in [3.05, 3.63) is 39.9 Å². The molecule has 21 heavy (non-hydrogen) atoms. The number of nitrogens with zero attached hydrogens (tertiary/aromatic N) is 3. The molecule has 0 atom stereocenters. The van der Waals surface area contributed by atoms with Crippen LogP contribution >= 0.6 is 23.2 Å². The lowest BCUT2D eigenvalue weighted by atomic mass is 10.2. The fourth-order valence-corrected chi connectivity index (χ4v) is 2.47. The monoisotopic (exact) mass is 328 g/mol. The van der Waals surface area contributed by atoms with Crippen LogP contribution < -0.4 is 5.32 Å². The topological polar surface area (TPSA) is 80.0 Å². The van der Waals surface area contributed by atoms with Crippen LogP contribution in [0.3, 0.4) is 0 Å². The van der Waals surface area contributed by atoms with Crippen molar-refractivity contribution >= 4 is 29.1 Å². The van der Waals surface area contributed by atoms with Crippen LogP contribution in [0.1, 0.15) is 23.1 Å². The Hall–Kier alpha value is -1.79. The third-order valence-electron chi connectivity index (χ3n) is 2.91. The fraction of sp³-hybridized carbons (Fsp3) is 0.308. The van der Waals surface area contributed by atoms with Gasteiger partial charge in [-0.1, -0.05) is 30.1 Å². The van der Waals surface area contributed by atoms with Crippen molar-refractivity contribution in [2.75, 3.05) is 6.54 Å². The first-order chi connectivity index (χ1) is 10.0. The van der Waals surface area contributed by atoms with Gasteiger partial charge in [-0.2, -0.15) is 0 Å². The molecule has 6 nitrogen and oxygen atoms in total. The second-order valence-electron chi connectivity index (χ2n) is 4.33. The standard InChI is InChI=1S/C13H14Cl2N4O2/c1-2-11-18-17-7-19(11)4-3-16-13(21)12-9(15)5-8(14)6-10(12)20/h5-7,20H,2-4H2,1H3,(H,16,21). The zero-order valence-corrected chi connectivity index (χ0v) is 12.8. The summed E-state index contributed by atoms with van der Waals surface area (Å²) in [5, 5.41) is 20.6. The molecule has 0 aliphatic carbocycles. The van der Waals surface area contributed by atoms with Crippen molar-refractivity contribution in [3.8, 4) is 5.75 Å². The molecule has 0 radical (unpaired) electrons. The van der Waals surface area contributed by atoms with E-state index in [-0.39, 0.29) is 21.4 Å². The van der Waals surface area contributed by atoms with E-state index in [1.165, 1.54) is 12.1 Å². The summed E-state index contributed by atoms with van der Waals surface area (Å²) in [7, 11) is 0. The molecule has 112 valence electrons. The molecule has 0 spiro atoms. The number of benzene rings is 1. The summed E-state index contributed by atoms with van der Waals surface area (Å²) in [5.74, 6) is 0.139. The molecule has 0 aliphatic heterocycles. The molecule has 0 aliphatic rings. The summed E-state index contributed by atoms with van der Waals surface area (Å²) in [5.41, 5.74) is 0.0144. The van der Waals surface area contributed by atoms with Crippen molar-refractivity contribution in [3.63, 3.8) is 0 Å².